The van der Waals surface area contributed by atoms with Crippen LogP contribution in [0.2, 0.25) is 0 Å². The molecule has 0 saturated carbocycles. The fourth-order valence-corrected chi connectivity index (χ4v) is 4.48. The molecule has 142 valence electrons. The molecule has 1 N–H and O–H groups in total. The molecule has 1 fully saturated rings. The van der Waals surface area contributed by atoms with Crippen LogP contribution in [0.3, 0.4) is 0 Å². The highest BCUT2D eigenvalue weighted by Crippen LogP contribution is 2.21. The fourth-order valence-electron chi connectivity index (χ4n) is 3.18. The molecule has 1 heterocycles. The molecule has 0 amide bonds. The zero-order valence-electron chi connectivity index (χ0n) is 15.6. The largest absolute Gasteiger partial charge is 0.497 e. The van der Waals surface area contributed by atoms with Gasteiger partial charge in [0.2, 0.25) is 10.0 Å². The second-order valence-electron chi connectivity index (χ2n) is 6.92. The van der Waals surface area contributed by atoms with Gasteiger partial charge < -0.3 is 9.47 Å². The van der Waals surface area contributed by atoms with Gasteiger partial charge in [-0.25, -0.2) is 13.1 Å². The Bertz CT molecular complexity index is 655. The predicted octanol–water partition coefficient (Wildman–Crippen LogP) is 2.03. The predicted molar refractivity (Wildman–Crippen MR) is 98.6 cm³/mol. The standard InChI is InChI=1S/C18H30N2O4S/c1-14(2)11-16(20-7-9-24-10-8-20)13-19-25(21,22)18-6-5-17(23-4)12-15(18)3/h5-6,12,14,16,19H,7-11,13H2,1-4H3. The Morgan fingerprint density at radius 1 is 1.28 bits per heavy atom. The normalized spacial score (nSPS) is 17.6. The Morgan fingerprint density at radius 2 is 1.96 bits per heavy atom. The van der Waals surface area contributed by atoms with Crippen molar-refractivity contribution in [1.82, 2.24) is 9.62 Å². The van der Waals surface area contributed by atoms with Crippen LogP contribution in [0, 0.1) is 12.8 Å². The zero-order chi connectivity index (χ0) is 18.4. The molecule has 1 aromatic carbocycles. The second kappa shape index (κ2) is 8.98. The van der Waals surface area contributed by atoms with E-state index >= 15 is 0 Å². The first-order valence-corrected chi connectivity index (χ1v) is 10.3. The molecule has 1 aromatic rings. The zero-order valence-corrected chi connectivity index (χ0v) is 16.4. The van der Waals surface area contributed by atoms with Crippen LogP contribution in [0.4, 0.5) is 0 Å². The van der Waals surface area contributed by atoms with Gasteiger partial charge >= 0.3 is 0 Å². The van der Waals surface area contributed by atoms with Crippen LogP contribution in [-0.2, 0) is 14.8 Å². The SMILES string of the molecule is COc1ccc(S(=O)(=O)NCC(CC(C)C)N2CCOCC2)c(C)c1. The lowest BCUT2D eigenvalue weighted by Gasteiger charge is -2.35. The molecule has 1 saturated heterocycles. The number of nitrogens with zero attached hydrogens (tertiary/aromatic N) is 1. The van der Waals surface area contributed by atoms with E-state index in [-0.39, 0.29) is 6.04 Å². The van der Waals surface area contributed by atoms with Crippen molar-refractivity contribution in [2.24, 2.45) is 5.92 Å². The number of hydrogen-bond donors (Lipinski definition) is 1. The molecule has 0 aliphatic carbocycles. The first-order chi connectivity index (χ1) is 11.8. The number of aryl methyl sites for hydroxylation is 1. The molecular formula is C18H30N2O4S. The summed E-state index contributed by atoms with van der Waals surface area (Å²) >= 11 is 0. The Hall–Kier alpha value is -1.15. The third kappa shape index (κ3) is 5.67. The molecular weight excluding hydrogens is 340 g/mol. The number of morpholine rings is 1. The van der Waals surface area contributed by atoms with Crippen LogP contribution in [0.25, 0.3) is 0 Å². The molecule has 25 heavy (non-hydrogen) atoms. The molecule has 1 aliphatic rings. The fraction of sp³-hybridized carbons (Fsp3) is 0.667. The molecule has 0 aromatic heterocycles. The summed E-state index contributed by atoms with van der Waals surface area (Å²) < 4.78 is 38.8. The molecule has 1 unspecified atom stereocenters. The number of methoxy groups -OCH3 is 1. The summed E-state index contributed by atoms with van der Waals surface area (Å²) in [5.41, 5.74) is 0.679. The minimum atomic E-state index is -3.55. The van der Waals surface area contributed by atoms with E-state index in [1.54, 1.807) is 32.2 Å². The van der Waals surface area contributed by atoms with Gasteiger partial charge in [-0.3, -0.25) is 4.90 Å². The number of hydrogen-bond acceptors (Lipinski definition) is 5. The third-order valence-corrected chi connectivity index (χ3v) is 6.07. The van der Waals surface area contributed by atoms with Crippen molar-refractivity contribution in [3.63, 3.8) is 0 Å². The maximum Gasteiger partial charge on any atom is 0.240 e. The lowest BCUT2D eigenvalue weighted by Crippen LogP contribution is -2.49. The summed E-state index contributed by atoms with van der Waals surface area (Å²) in [6.07, 6.45) is 0.949. The van der Waals surface area contributed by atoms with E-state index in [2.05, 4.69) is 23.5 Å². The Labute approximate surface area is 151 Å². The summed E-state index contributed by atoms with van der Waals surface area (Å²) in [6.45, 7) is 9.63. The summed E-state index contributed by atoms with van der Waals surface area (Å²) in [5.74, 6) is 1.16. The summed E-state index contributed by atoms with van der Waals surface area (Å²) in [4.78, 5) is 2.63. The van der Waals surface area contributed by atoms with Gasteiger partial charge in [0.1, 0.15) is 5.75 Å². The van der Waals surface area contributed by atoms with Gasteiger partial charge in [0.25, 0.3) is 0 Å². The molecule has 6 nitrogen and oxygen atoms in total. The maximum absolute atomic E-state index is 12.7. The Kier molecular flexibility index (Phi) is 7.25. The summed E-state index contributed by atoms with van der Waals surface area (Å²) in [6, 6.07) is 5.19. The number of rotatable bonds is 8. The number of benzene rings is 1. The van der Waals surface area contributed by atoms with Gasteiger partial charge in [-0.1, -0.05) is 13.8 Å². The van der Waals surface area contributed by atoms with Crippen molar-refractivity contribution in [2.45, 2.75) is 38.1 Å². The van der Waals surface area contributed by atoms with E-state index in [1.165, 1.54) is 0 Å². The minimum Gasteiger partial charge on any atom is -0.497 e. The van der Waals surface area contributed by atoms with Crippen LogP contribution in [-0.4, -0.2) is 59.3 Å². The highest BCUT2D eigenvalue weighted by Gasteiger charge is 2.25. The first-order valence-electron chi connectivity index (χ1n) is 8.79. The lowest BCUT2D eigenvalue weighted by molar-refractivity contribution is 0.0134. The van der Waals surface area contributed by atoms with Gasteiger partial charge in [-0.15, -0.1) is 0 Å². The van der Waals surface area contributed by atoms with Crippen LogP contribution >= 0.6 is 0 Å². The van der Waals surface area contributed by atoms with E-state index in [9.17, 15) is 8.42 Å². The van der Waals surface area contributed by atoms with Crippen LogP contribution in [0.15, 0.2) is 23.1 Å². The van der Waals surface area contributed by atoms with Gasteiger partial charge in [0.05, 0.1) is 25.2 Å². The van der Waals surface area contributed by atoms with Crippen molar-refractivity contribution in [1.29, 1.82) is 0 Å². The van der Waals surface area contributed by atoms with Crippen molar-refractivity contribution >= 4 is 10.0 Å². The van der Waals surface area contributed by atoms with E-state index < -0.39 is 10.0 Å². The van der Waals surface area contributed by atoms with Crippen LogP contribution < -0.4 is 9.46 Å². The van der Waals surface area contributed by atoms with Crippen molar-refractivity contribution < 1.29 is 17.9 Å². The molecule has 0 spiro atoms. The minimum absolute atomic E-state index is 0.178. The molecule has 1 atom stereocenters. The Morgan fingerprint density at radius 3 is 2.52 bits per heavy atom. The van der Waals surface area contributed by atoms with E-state index in [1.807, 2.05) is 0 Å². The first kappa shape index (κ1) is 20.2. The van der Waals surface area contributed by atoms with Crippen molar-refractivity contribution in [3.8, 4) is 5.75 Å². The van der Waals surface area contributed by atoms with Crippen molar-refractivity contribution in [2.75, 3.05) is 40.0 Å². The monoisotopic (exact) mass is 370 g/mol. The average molecular weight is 371 g/mol. The molecule has 1 aliphatic heterocycles. The van der Waals surface area contributed by atoms with E-state index in [0.29, 0.717) is 41.9 Å². The van der Waals surface area contributed by atoms with Crippen molar-refractivity contribution in [3.05, 3.63) is 23.8 Å². The third-order valence-electron chi connectivity index (χ3n) is 4.49. The topological polar surface area (TPSA) is 67.9 Å². The highest BCUT2D eigenvalue weighted by atomic mass is 32.2. The molecule has 0 bridgehead atoms. The summed E-state index contributed by atoms with van der Waals surface area (Å²) in [5, 5.41) is 0. The summed E-state index contributed by atoms with van der Waals surface area (Å²) in [7, 11) is -1.98. The maximum atomic E-state index is 12.7. The number of ether oxygens (including phenoxy) is 2. The highest BCUT2D eigenvalue weighted by molar-refractivity contribution is 7.89. The van der Waals surface area contributed by atoms with Crippen LogP contribution in [0.1, 0.15) is 25.8 Å². The van der Waals surface area contributed by atoms with Gasteiger partial charge in [-0.05, 0) is 43.0 Å². The van der Waals surface area contributed by atoms with Gasteiger partial charge in [-0.2, -0.15) is 0 Å². The van der Waals surface area contributed by atoms with E-state index in [4.69, 9.17) is 9.47 Å². The molecule has 0 radical (unpaired) electrons. The number of nitrogens with one attached hydrogen (secondary N) is 1. The smallest absolute Gasteiger partial charge is 0.240 e. The molecule has 2 rings (SSSR count). The lowest BCUT2D eigenvalue weighted by atomic mass is 10.0. The van der Waals surface area contributed by atoms with Crippen LogP contribution in [0.5, 0.6) is 5.75 Å². The Balaban J connectivity index is 2.09. The molecule has 7 heteroatoms. The quantitative estimate of drug-likeness (QED) is 0.758. The van der Waals surface area contributed by atoms with Gasteiger partial charge in [0, 0.05) is 25.7 Å². The van der Waals surface area contributed by atoms with Gasteiger partial charge in [0.15, 0.2) is 0 Å². The number of sulfonamides is 1. The second-order valence-corrected chi connectivity index (χ2v) is 8.65. The average Bonchev–Trinajstić information content (AvgIpc) is 2.58. The van der Waals surface area contributed by atoms with E-state index in [0.717, 1.165) is 19.5 Å².